The largest absolute Gasteiger partial charge is 0.447 e. The standard InChI is InChI=1S/C12H18N2O2/c1-8(2)16-12(15)14-7-10-5-4-6-11(13)9(10)3/h4-6,8H,7,13H2,1-3H3,(H,14,15). The Bertz CT molecular complexity index is 375. The number of alkyl carbamates (subject to hydrolysis) is 1. The first-order valence-corrected chi connectivity index (χ1v) is 5.29. The number of ether oxygens (including phenoxy) is 1. The summed E-state index contributed by atoms with van der Waals surface area (Å²) in [6.45, 7) is 5.99. The molecule has 0 bridgehead atoms. The summed E-state index contributed by atoms with van der Waals surface area (Å²) in [7, 11) is 0. The number of rotatable bonds is 3. The van der Waals surface area contributed by atoms with Gasteiger partial charge in [-0.05, 0) is 38.0 Å². The monoisotopic (exact) mass is 222 g/mol. The Morgan fingerprint density at radius 1 is 1.50 bits per heavy atom. The van der Waals surface area contributed by atoms with Crippen LogP contribution in [-0.4, -0.2) is 12.2 Å². The summed E-state index contributed by atoms with van der Waals surface area (Å²) in [6, 6.07) is 5.64. The molecule has 1 aromatic carbocycles. The molecule has 0 spiro atoms. The Hall–Kier alpha value is -1.71. The molecule has 0 atom stereocenters. The van der Waals surface area contributed by atoms with Crippen LogP contribution in [0.4, 0.5) is 10.5 Å². The maximum Gasteiger partial charge on any atom is 0.407 e. The molecule has 3 N–H and O–H groups in total. The van der Waals surface area contributed by atoms with Gasteiger partial charge in [-0.2, -0.15) is 0 Å². The van der Waals surface area contributed by atoms with Crippen LogP contribution in [0.15, 0.2) is 18.2 Å². The highest BCUT2D eigenvalue weighted by atomic mass is 16.6. The van der Waals surface area contributed by atoms with Crippen molar-refractivity contribution >= 4 is 11.8 Å². The number of nitrogens with one attached hydrogen (secondary N) is 1. The predicted molar refractivity (Wildman–Crippen MR) is 64.0 cm³/mol. The highest BCUT2D eigenvalue weighted by molar-refractivity contribution is 5.67. The molecule has 0 radical (unpaired) electrons. The third-order valence-electron chi connectivity index (χ3n) is 2.25. The van der Waals surface area contributed by atoms with Crippen LogP contribution in [0.1, 0.15) is 25.0 Å². The summed E-state index contributed by atoms with van der Waals surface area (Å²) in [5.41, 5.74) is 8.49. The fourth-order valence-corrected chi connectivity index (χ4v) is 1.32. The minimum atomic E-state index is -0.406. The number of anilines is 1. The molecule has 0 heterocycles. The van der Waals surface area contributed by atoms with Crippen molar-refractivity contribution in [3.63, 3.8) is 0 Å². The van der Waals surface area contributed by atoms with E-state index in [-0.39, 0.29) is 6.10 Å². The summed E-state index contributed by atoms with van der Waals surface area (Å²) in [6.07, 6.45) is -0.515. The van der Waals surface area contributed by atoms with E-state index in [1.807, 2.05) is 39.0 Å². The van der Waals surface area contributed by atoms with Crippen LogP contribution in [0.2, 0.25) is 0 Å². The van der Waals surface area contributed by atoms with Gasteiger partial charge in [-0.1, -0.05) is 12.1 Å². The molecule has 0 aromatic heterocycles. The van der Waals surface area contributed by atoms with Gasteiger partial charge in [0.2, 0.25) is 0 Å². The van der Waals surface area contributed by atoms with Gasteiger partial charge in [0.25, 0.3) is 0 Å². The first-order valence-electron chi connectivity index (χ1n) is 5.29. The quantitative estimate of drug-likeness (QED) is 0.771. The van der Waals surface area contributed by atoms with Crippen molar-refractivity contribution in [2.75, 3.05) is 5.73 Å². The van der Waals surface area contributed by atoms with E-state index in [0.29, 0.717) is 6.54 Å². The normalized spacial score (nSPS) is 10.2. The van der Waals surface area contributed by atoms with Crippen LogP contribution in [0.5, 0.6) is 0 Å². The Balaban J connectivity index is 2.55. The Morgan fingerprint density at radius 3 is 2.81 bits per heavy atom. The Kier molecular flexibility index (Phi) is 4.17. The molecule has 1 aromatic rings. The first-order chi connectivity index (χ1) is 7.50. The molecule has 0 aliphatic carbocycles. The van der Waals surface area contributed by atoms with Gasteiger partial charge >= 0.3 is 6.09 Å². The lowest BCUT2D eigenvalue weighted by atomic mass is 10.1. The van der Waals surface area contributed by atoms with E-state index in [2.05, 4.69) is 5.32 Å². The zero-order valence-electron chi connectivity index (χ0n) is 9.91. The fourth-order valence-electron chi connectivity index (χ4n) is 1.32. The summed E-state index contributed by atoms with van der Waals surface area (Å²) >= 11 is 0. The van der Waals surface area contributed by atoms with E-state index in [0.717, 1.165) is 16.8 Å². The molecule has 0 aliphatic rings. The summed E-state index contributed by atoms with van der Waals surface area (Å²) in [4.78, 5) is 11.3. The van der Waals surface area contributed by atoms with Crippen molar-refractivity contribution in [2.24, 2.45) is 0 Å². The van der Waals surface area contributed by atoms with Crippen molar-refractivity contribution in [2.45, 2.75) is 33.4 Å². The molecule has 0 aliphatic heterocycles. The van der Waals surface area contributed by atoms with E-state index < -0.39 is 6.09 Å². The van der Waals surface area contributed by atoms with Gasteiger partial charge in [0, 0.05) is 12.2 Å². The van der Waals surface area contributed by atoms with Gasteiger partial charge in [0.1, 0.15) is 0 Å². The smallest absolute Gasteiger partial charge is 0.407 e. The number of hydrogen-bond acceptors (Lipinski definition) is 3. The van der Waals surface area contributed by atoms with E-state index in [1.54, 1.807) is 0 Å². The van der Waals surface area contributed by atoms with Gasteiger partial charge in [0.15, 0.2) is 0 Å². The number of carbonyl (C=O) groups excluding carboxylic acids is 1. The Morgan fingerprint density at radius 2 is 2.19 bits per heavy atom. The third-order valence-corrected chi connectivity index (χ3v) is 2.25. The number of nitrogens with two attached hydrogens (primary N) is 1. The fraction of sp³-hybridized carbons (Fsp3) is 0.417. The Labute approximate surface area is 95.8 Å². The number of carbonyl (C=O) groups is 1. The molecule has 4 nitrogen and oxygen atoms in total. The lowest BCUT2D eigenvalue weighted by Gasteiger charge is -2.11. The molecule has 0 unspecified atom stereocenters. The lowest BCUT2D eigenvalue weighted by molar-refractivity contribution is 0.115. The molecule has 0 saturated carbocycles. The topological polar surface area (TPSA) is 64.3 Å². The second-order valence-corrected chi connectivity index (χ2v) is 3.94. The molecule has 0 fully saturated rings. The third kappa shape index (κ3) is 3.46. The van der Waals surface area contributed by atoms with E-state index in [4.69, 9.17) is 10.5 Å². The predicted octanol–water partition coefficient (Wildman–Crippen LogP) is 2.21. The van der Waals surface area contributed by atoms with Crippen molar-refractivity contribution < 1.29 is 9.53 Å². The van der Waals surface area contributed by atoms with Crippen molar-refractivity contribution in [3.05, 3.63) is 29.3 Å². The summed E-state index contributed by atoms with van der Waals surface area (Å²) in [5, 5.41) is 2.68. The highest BCUT2D eigenvalue weighted by Gasteiger charge is 2.06. The molecule has 1 rings (SSSR count). The van der Waals surface area contributed by atoms with Crippen molar-refractivity contribution in [3.8, 4) is 0 Å². The molecular formula is C12H18N2O2. The van der Waals surface area contributed by atoms with Crippen LogP contribution in [-0.2, 0) is 11.3 Å². The number of benzene rings is 1. The lowest BCUT2D eigenvalue weighted by Crippen LogP contribution is -2.26. The summed E-state index contributed by atoms with van der Waals surface area (Å²) < 4.78 is 4.96. The zero-order valence-corrected chi connectivity index (χ0v) is 9.91. The van der Waals surface area contributed by atoms with Gasteiger partial charge in [0.05, 0.1) is 6.10 Å². The van der Waals surface area contributed by atoms with Crippen LogP contribution in [0, 0.1) is 6.92 Å². The SMILES string of the molecule is Cc1c(N)cccc1CNC(=O)OC(C)C. The number of amides is 1. The van der Waals surface area contributed by atoms with Crippen LogP contribution >= 0.6 is 0 Å². The van der Waals surface area contributed by atoms with E-state index in [1.165, 1.54) is 0 Å². The van der Waals surface area contributed by atoms with Gasteiger partial charge in [-0.3, -0.25) is 0 Å². The molecule has 1 amide bonds. The van der Waals surface area contributed by atoms with Crippen molar-refractivity contribution in [1.82, 2.24) is 5.32 Å². The van der Waals surface area contributed by atoms with Gasteiger partial charge in [-0.15, -0.1) is 0 Å². The minimum Gasteiger partial charge on any atom is -0.447 e. The second-order valence-electron chi connectivity index (χ2n) is 3.94. The van der Waals surface area contributed by atoms with E-state index in [9.17, 15) is 4.79 Å². The maximum absolute atomic E-state index is 11.3. The van der Waals surface area contributed by atoms with Crippen LogP contribution < -0.4 is 11.1 Å². The number of hydrogen-bond donors (Lipinski definition) is 2. The minimum absolute atomic E-state index is 0.109. The van der Waals surface area contributed by atoms with Crippen LogP contribution in [0.25, 0.3) is 0 Å². The number of nitrogen functional groups attached to an aromatic ring is 1. The molecule has 88 valence electrons. The molecule has 16 heavy (non-hydrogen) atoms. The van der Waals surface area contributed by atoms with E-state index >= 15 is 0 Å². The van der Waals surface area contributed by atoms with Crippen LogP contribution in [0.3, 0.4) is 0 Å². The average Bonchev–Trinajstić information content (AvgIpc) is 2.19. The summed E-state index contributed by atoms with van der Waals surface area (Å²) in [5.74, 6) is 0. The average molecular weight is 222 g/mol. The van der Waals surface area contributed by atoms with Crippen molar-refractivity contribution in [1.29, 1.82) is 0 Å². The van der Waals surface area contributed by atoms with Gasteiger partial charge < -0.3 is 15.8 Å². The highest BCUT2D eigenvalue weighted by Crippen LogP contribution is 2.14. The molecular weight excluding hydrogens is 204 g/mol. The first kappa shape index (κ1) is 12.4. The zero-order chi connectivity index (χ0) is 12.1. The maximum atomic E-state index is 11.3. The molecule has 4 heteroatoms. The van der Waals surface area contributed by atoms with Gasteiger partial charge in [-0.25, -0.2) is 4.79 Å². The second kappa shape index (κ2) is 5.39. The molecule has 0 saturated heterocycles.